The summed E-state index contributed by atoms with van der Waals surface area (Å²) in [6, 6.07) is 2.41. The lowest BCUT2D eigenvalue weighted by atomic mass is 9.72. The molecule has 1 aromatic heterocycles. The number of rotatable bonds is 1. The molecule has 0 radical (unpaired) electrons. The zero-order valence-electron chi connectivity index (χ0n) is 10.4. The first-order valence-corrected chi connectivity index (χ1v) is 7.09. The molecule has 1 aliphatic carbocycles. The first-order chi connectivity index (χ1) is 7.54. The van der Waals surface area contributed by atoms with Crippen molar-refractivity contribution in [3.05, 3.63) is 21.4 Å². The number of ether oxygens (including phenoxy) is 1. The van der Waals surface area contributed by atoms with Crippen molar-refractivity contribution in [2.75, 3.05) is 6.61 Å². The van der Waals surface area contributed by atoms with Gasteiger partial charge in [0.1, 0.15) is 6.10 Å². The van der Waals surface area contributed by atoms with E-state index in [0.29, 0.717) is 11.5 Å². The zero-order chi connectivity index (χ0) is 11.3. The van der Waals surface area contributed by atoms with Gasteiger partial charge in [-0.2, -0.15) is 0 Å². The van der Waals surface area contributed by atoms with E-state index in [1.54, 1.807) is 10.4 Å². The summed E-state index contributed by atoms with van der Waals surface area (Å²) in [4.78, 5) is 3.10. The van der Waals surface area contributed by atoms with E-state index in [1.165, 1.54) is 24.1 Å². The van der Waals surface area contributed by atoms with Gasteiger partial charge in [0.2, 0.25) is 0 Å². The minimum Gasteiger partial charge on any atom is -0.367 e. The highest BCUT2D eigenvalue weighted by molar-refractivity contribution is 7.12. The van der Waals surface area contributed by atoms with Crippen molar-refractivity contribution in [2.45, 2.75) is 46.1 Å². The Morgan fingerprint density at radius 1 is 1.38 bits per heavy atom. The second kappa shape index (κ2) is 3.58. The largest absolute Gasteiger partial charge is 0.367 e. The fraction of sp³-hybridized carbons (Fsp3) is 0.714. The summed E-state index contributed by atoms with van der Waals surface area (Å²) in [7, 11) is 0. The Balaban J connectivity index is 1.82. The van der Waals surface area contributed by atoms with E-state index in [4.69, 9.17) is 4.74 Å². The lowest BCUT2D eigenvalue weighted by molar-refractivity contribution is 0.217. The molecule has 0 amide bonds. The topological polar surface area (TPSA) is 12.5 Å². The molecular weight excluding hydrogens is 216 g/mol. The molecule has 3 rings (SSSR count). The van der Waals surface area contributed by atoms with Crippen LogP contribution in [0, 0.1) is 11.3 Å². The Kier molecular flexibility index (Phi) is 2.41. The molecule has 1 unspecified atom stereocenters. The van der Waals surface area contributed by atoms with E-state index in [0.717, 1.165) is 12.5 Å². The monoisotopic (exact) mass is 236 g/mol. The number of hydrogen-bond acceptors (Lipinski definition) is 2. The second-order valence-electron chi connectivity index (χ2n) is 6.22. The van der Waals surface area contributed by atoms with Gasteiger partial charge in [0.05, 0.1) is 6.61 Å². The van der Waals surface area contributed by atoms with E-state index in [-0.39, 0.29) is 0 Å². The summed E-state index contributed by atoms with van der Waals surface area (Å²) < 4.78 is 5.38. The molecule has 0 N–H and O–H groups in total. The van der Waals surface area contributed by atoms with Crippen LogP contribution in [0.3, 0.4) is 0 Å². The highest BCUT2D eigenvalue weighted by atomic mass is 32.1. The van der Waals surface area contributed by atoms with E-state index < -0.39 is 0 Å². The Labute approximate surface area is 102 Å². The third kappa shape index (κ3) is 1.93. The Bertz CT molecular complexity index is 395. The molecule has 1 aliphatic heterocycles. The lowest BCUT2D eigenvalue weighted by Crippen LogP contribution is -2.26. The zero-order valence-corrected chi connectivity index (χ0v) is 11.2. The smallest absolute Gasteiger partial charge is 0.115 e. The third-order valence-corrected chi connectivity index (χ3v) is 5.31. The van der Waals surface area contributed by atoms with E-state index in [2.05, 4.69) is 26.8 Å². The molecule has 0 saturated carbocycles. The summed E-state index contributed by atoms with van der Waals surface area (Å²) in [6.45, 7) is 8.07. The van der Waals surface area contributed by atoms with Gasteiger partial charge in [-0.05, 0) is 42.2 Å². The molecule has 1 nitrogen and oxygen atoms in total. The van der Waals surface area contributed by atoms with E-state index >= 15 is 0 Å². The van der Waals surface area contributed by atoms with Gasteiger partial charge in [-0.15, -0.1) is 11.3 Å². The van der Waals surface area contributed by atoms with Crippen LogP contribution in [0.5, 0.6) is 0 Å². The first kappa shape index (κ1) is 10.8. The van der Waals surface area contributed by atoms with Crippen LogP contribution in [0.2, 0.25) is 0 Å². The Morgan fingerprint density at radius 2 is 2.12 bits per heavy atom. The second-order valence-corrected chi connectivity index (χ2v) is 7.39. The molecule has 0 aromatic carbocycles. The SMILES string of the molecule is CC(C)(C)C1CCc2sc([C@@H]3CO3)cc2C1. The quantitative estimate of drug-likeness (QED) is 0.672. The standard InChI is InChI=1S/C14H20OS/c1-14(2,3)10-4-5-12-9(6-10)7-13(16-12)11-8-15-11/h7,10-11H,4-6,8H2,1-3H3/t10?,11-/m0/s1. The summed E-state index contributed by atoms with van der Waals surface area (Å²) in [5.74, 6) is 0.850. The highest BCUT2D eigenvalue weighted by Gasteiger charge is 2.33. The van der Waals surface area contributed by atoms with Crippen molar-refractivity contribution >= 4 is 11.3 Å². The van der Waals surface area contributed by atoms with Crippen molar-refractivity contribution in [1.29, 1.82) is 0 Å². The highest BCUT2D eigenvalue weighted by Crippen LogP contribution is 2.43. The number of fused-ring (bicyclic) bond motifs is 1. The van der Waals surface area contributed by atoms with Crippen molar-refractivity contribution in [2.24, 2.45) is 11.3 Å². The van der Waals surface area contributed by atoms with Crippen molar-refractivity contribution in [3.8, 4) is 0 Å². The molecular formula is C14H20OS. The number of aryl methyl sites for hydroxylation is 1. The average Bonchev–Trinajstić information content (AvgIpc) is 2.96. The van der Waals surface area contributed by atoms with Gasteiger partial charge in [0.15, 0.2) is 0 Å². The van der Waals surface area contributed by atoms with Gasteiger partial charge in [0, 0.05) is 9.75 Å². The fourth-order valence-corrected chi connectivity index (χ4v) is 3.90. The summed E-state index contributed by atoms with van der Waals surface area (Å²) in [6.07, 6.45) is 4.38. The van der Waals surface area contributed by atoms with Crippen molar-refractivity contribution in [1.82, 2.24) is 0 Å². The van der Waals surface area contributed by atoms with Gasteiger partial charge in [-0.25, -0.2) is 0 Å². The van der Waals surface area contributed by atoms with Crippen LogP contribution in [-0.2, 0) is 17.6 Å². The van der Waals surface area contributed by atoms with Gasteiger partial charge in [0.25, 0.3) is 0 Å². The fourth-order valence-electron chi connectivity index (χ4n) is 2.66. The molecule has 2 heteroatoms. The van der Waals surface area contributed by atoms with Crippen LogP contribution in [0.15, 0.2) is 6.07 Å². The predicted octanol–water partition coefficient (Wildman–Crippen LogP) is 3.97. The molecule has 0 spiro atoms. The van der Waals surface area contributed by atoms with Gasteiger partial charge < -0.3 is 4.74 Å². The lowest BCUT2D eigenvalue weighted by Gasteiger charge is -2.33. The van der Waals surface area contributed by atoms with E-state index in [9.17, 15) is 0 Å². The summed E-state index contributed by atoms with van der Waals surface area (Å²) in [5.41, 5.74) is 2.07. The van der Waals surface area contributed by atoms with Crippen LogP contribution in [0.4, 0.5) is 0 Å². The molecule has 1 saturated heterocycles. The van der Waals surface area contributed by atoms with Crippen molar-refractivity contribution in [3.63, 3.8) is 0 Å². The molecule has 2 atom stereocenters. The minimum atomic E-state index is 0.448. The van der Waals surface area contributed by atoms with Crippen LogP contribution >= 0.6 is 11.3 Å². The molecule has 1 aromatic rings. The van der Waals surface area contributed by atoms with Gasteiger partial charge in [-0.3, -0.25) is 0 Å². The van der Waals surface area contributed by atoms with Crippen LogP contribution in [0.1, 0.15) is 48.6 Å². The number of thiophene rings is 1. The molecule has 1 fully saturated rings. The molecule has 2 heterocycles. The first-order valence-electron chi connectivity index (χ1n) is 6.27. The van der Waals surface area contributed by atoms with E-state index in [1.807, 2.05) is 11.3 Å². The van der Waals surface area contributed by atoms with Crippen LogP contribution < -0.4 is 0 Å². The third-order valence-electron chi connectivity index (χ3n) is 3.98. The van der Waals surface area contributed by atoms with Crippen molar-refractivity contribution < 1.29 is 4.74 Å². The number of epoxide rings is 1. The maximum atomic E-state index is 5.38. The normalized spacial score (nSPS) is 28.9. The maximum absolute atomic E-state index is 5.38. The average molecular weight is 236 g/mol. The molecule has 2 aliphatic rings. The minimum absolute atomic E-state index is 0.448. The summed E-state index contributed by atoms with van der Waals surface area (Å²) in [5, 5.41) is 0. The van der Waals surface area contributed by atoms with Gasteiger partial charge >= 0.3 is 0 Å². The number of hydrogen-bond donors (Lipinski definition) is 0. The molecule has 16 heavy (non-hydrogen) atoms. The van der Waals surface area contributed by atoms with Crippen LogP contribution in [-0.4, -0.2) is 6.61 Å². The maximum Gasteiger partial charge on any atom is 0.115 e. The predicted molar refractivity (Wildman–Crippen MR) is 68.0 cm³/mol. The van der Waals surface area contributed by atoms with Gasteiger partial charge in [-0.1, -0.05) is 20.8 Å². The Hall–Kier alpha value is -0.340. The molecule has 88 valence electrons. The molecule has 0 bridgehead atoms. The summed E-state index contributed by atoms with van der Waals surface area (Å²) >= 11 is 1.99. The van der Waals surface area contributed by atoms with Crippen LogP contribution in [0.25, 0.3) is 0 Å². The Morgan fingerprint density at radius 3 is 2.75 bits per heavy atom.